The van der Waals surface area contributed by atoms with Crippen LogP contribution in [0.2, 0.25) is 0 Å². The van der Waals surface area contributed by atoms with Crippen molar-refractivity contribution in [1.29, 1.82) is 0 Å². The fourth-order valence-corrected chi connectivity index (χ4v) is 2.73. The van der Waals surface area contributed by atoms with E-state index in [1.165, 1.54) is 6.07 Å². The maximum Gasteiger partial charge on any atom is 0.130 e. The predicted octanol–water partition coefficient (Wildman–Crippen LogP) is 2.20. The minimum atomic E-state index is -0.345. The molecule has 100 valence electrons. The summed E-state index contributed by atoms with van der Waals surface area (Å²) in [6.07, 6.45) is 3.14. The highest BCUT2D eigenvalue weighted by Crippen LogP contribution is 2.32. The number of hydrogen-bond acceptors (Lipinski definition) is 3. The summed E-state index contributed by atoms with van der Waals surface area (Å²) >= 11 is 0. The Labute approximate surface area is 107 Å². The average molecular weight is 252 g/mol. The Morgan fingerprint density at radius 3 is 2.94 bits per heavy atom. The van der Waals surface area contributed by atoms with Crippen molar-refractivity contribution in [3.63, 3.8) is 0 Å². The number of piperidine rings is 1. The number of hydrogen-bond donors (Lipinski definition) is 2. The second kappa shape index (κ2) is 5.67. The molecular formula is C14H21FN2O. The van der Waals surface area contributed by atoms with E-state index in [0.717, 1.165) is 31.5 Å². The Morgan fingerprint density at radius 2 is 2.28 bits per heavy atom. The van der Waals surface area contributed by atoms with E-state index in [9.17, 15) is 9.50 Å². The van der Waals surface area contributed by atoms with Crippen LogP contribution in [0.1, 0.15) is 37.8 Å². The van der Waals surface area contributed by atoms with Gasteiger partial charge in [0, 0.05) is 23.8 Å². The summed E-state index contributed by atoms with van der Waals surface area (Å²) in [4.78, 5) is 2.10. The molecular weight excluding hydrogens is 231 g/mol. The highest BCUT2D eigenvalue weighted by atomic mass is 19.1. The first-order valence-corrected chi connectivity index (χ1v) is 6.56. The van der Waals surface area contributed by atoms with E-state index >= 15 is 0 Å². The smallest absolute Gasteiger partial charge is 0.130 e. The minimum Gasteiger partial charge on any atom is -0.394 e. The van der Waals surface area contributed by atoms with Gasteiger partial charge in [-0.3, -0.25) is 0 Å². The van der Waals surface area contributed by atoms with E-state index in [0.29, 0.717) is 5.56 Å². The number of nitrogens with two attached hydrogens (primary N) is 1. The normalized spacial score (nSPS) is 22.0. The SMILES string of the molecule is CC(N)c1c(F)cccc1N1CCCCC1CO. The molecule has 1 aliphatic rings. The molecule has 1 heterocycles. The second-order valence-electron chi connectivity index (χ2n) is 4.99. The summed E-state index contributed by atoms with van der Waals surface area (Å²) in [7, 11) is 0. The number of nitrogens with zero attached hydrogens (tertiary/aromatic N) is 1. The number of aliphatic hydroxyl groups is 1. The van der Waals surface area contributed by atoms with Crippen LogP contribution in [0.5, 0.6) is 0 Å². The maximum atomic E-state index is 13.9. The summed E-state index contributed by atoms with van der Waals surface area (Å²) in [6, 6.07) is 4.79. The van der Waals surface area contributed by atoms with Gasteiger partial charge in [-0.15, -0.1) is 0 Å². The van der Waals surface area contributed by atoms with Crippen LogP contribution in [0.3, 0.4) is 0 Å². The molecule has 0 amide bonds. The summed E-state index contributed by atoms with van der Waals surface area (Å²) in [6.45, 7) is 2.75. The molecule has 1 fully saturated rings. The highest BCUT2D eigenvalue weighted by molar-refractivity contribution is 5.56. The van der Waals surface area contributed by atoms with Crippen molar-refractivity contribution in [3.8, 4) is 0 Å². The first-order chi connectivity index (χ1) is 8.65. The third-order valence-corrected chi connectivity index (χ3v) is 3.63. The van der Waals surface area contributed by atoms with Gasteiger partial charge in [0.15, 0.2) is 0 Å². The molecule has 4 heteroatoms. The molecule has 2 unspecified atom stereocenters. The topological polar surface area (TPSA) is 49.5 Å². The zero-order valence-corrected chi connectivity index (χ0v) is 10.8. The van der Waals surface area contributed by atoms with Crippen molar-refractivity contribution in [1.82, 2.24) is 0 Å². The number of anilines is 1. The number of benzene rings is 1. The molecule has 1 aromatic carbocycles. The lowest BCUT2D eigenvalue weighted by molar-refractivity contribution is 0.240. The Morgan fingerprint density at radius 1 is 1.50 bits per heavy atom. The van der Waals surface area contributed by atoms with Gasteiger partial charge in [0.2, 0.25) is 0 Å². The average Bonchev–Trinajstić information content (AvgIpc) is 2.38. The molecule has 1 saturated heterocycles. The van der Waals surface area contributed by atoms with Gasteiger partial charge in [0.25, 0.3) is 0 Å². The van der Waals surface area contributed by atoms with Gasteiger partial charge in [-0.2, -0.15) is 0 Å². The van der Waals surface area contributed by atoms with E-state index in [-0.39, 0.29) is 24.5 Å². The predicted molar refractivity (Wildman–Crippen MR) is 71.1 cm³/mol. The van der Waals surface area contributed by atoms with Crippen LogP contribution >= 0.6 is 0 Å². The van der Waals surface area contributed by atoms with Crippen molar-refractivity contribution in [3.05, 3.63) is 29.6 Å². The first-order valence-electron chi connectivity index (χ1n) is 6.56. The van der Waals surface area contributed by atoms with Crippen molar-refractivity contribution in [2.24, 2.45) is 5.73 Å². The monoisotopic (exact) mass is 252 g/mol. The Balaban J connectivity index is 2.39. The van der Waals surface area contributed by atoms with Crippen LogP contribution in [-0.4, -0.2) is 24.3 Å². The third kappa shape index (κ3) is 2.49. The zero-order valence-electron chi connectivity index (χ0n) is 10.8. The van der Waals surface area contributed by atoms with Crippen LogP contribution in [0.15, 0.2) is 18.2 Å². The molecule has 3 nitrogen and oxygen atoms in total. The van der Waals surface area contributed by atoms with Gasteiger partial charge < -0.3 is 15.7 Å². The van der Waals surface area contributed by atoms with Gasteiger partial charge in [0.1, 0.15) is 5.82 Å². The zero-order chi connectivity index (χ0) is 13.1. The van der Waals surface area contributed by atoms with Crippen molar-refractivity contribution in [2.75, 3.05) is 18.1 Å². The van der Waals surface area contributed by atoms with E-state index < -0.39 is 0 Å². The first kappa shape index (κ1) is 13.3. The van der Waals surface area contributed by atoms with Crippen molar-refractivity contribution < 1.29 is 9.50 Å². The van der Waals surface area contributed by atoms with Crippen LogP contribution in [0.25, 0.3) is 0 Å². The van der Waals surface area contributed by atoms with Gasteiger partial charge in [-0.1, -0.05) is 6.07 Å². The number of aliphatic hydroxyl groups excluding tert-OH is 1. The molecule has 0 aliphatic carbocycles. The summed E-state index contributed by atoms with van der Waals surface area (Å²) in [5, 5.41) is 9.45. The van der Waals surface area contributed by atoms with Gasteiger partial charge >= 0.3 is 0 Å². The molecule has 0 bridgehead atoms. The summed E-state index contributed by atoms with van der Waals surface area (Å²) in [5.41, 5.74) is 7.27. The quantitative estimate of drug-likeness (QED) is 0.867. The van der Waals surface area contributed by atoms with Gasteiger partial charge in [-0.25, -0.2) is 4.39 Å². The van der Waals surface area contributed by atoms with E-state index in [4.69, 9.17) is 5.73 Å². The molecule has 3 N–H and O–H groups in total. The molecule has 0 aromatic heterocycles. The molecule has 1 aliphatic heterocycles. The van der Waals surface area contributed by atoms with Crippen molar-refractivity contribution >= 4 is 5.69 Å². The number of halogens is 1. The Hall–Kier alpha value is -1.13. The Kier molecular flexibility index (Phi) is 4.19. The molecule has 0 spiro atoms. The molecule has 0 saturated carbocycles. The molecule has 2 atom stereocenters. The fourth-order valence-electron chi connectivity index (χ4n) is 2.73. The molecule has 18 heavy (non-hydrogen) atoms. The standard InChI is InChI=1S/C14H21FN2O/c1-10(16)14-12(15)6-4-7-13(14)17-8-3-2-5-11(17)9-18/h4,6-7,10-11,18H,2-3,5,8-9,16H2,1H3. The van der Waals surface area contributed by atoms with Gasteiger partial charge in [-0.05, 0) is 38.3 Å². The van der Waals surface area contributed by atoms with E-state index in [1.54, 1.807) is 13.0 Å². The fraction of sp³-hybridized carbons (Fsp3) is 0.571. The maximum absolute atomic E-state index is 13.9. The number of rotatable bonds is 3. The summed E-state index contributed by atoms with van der Waals surface area (Å²) < 4.78 is 13.9. The minimum absolute atomic E-state index is 0.0815. The summed E-state index contributed by atoms with van der Waals surface area (Å²) in [5.74, 6) is -0.259. The van der Waals surface area contributed by atoms with Crippen LogP contribution in [0.4, 0.5) is 10.1 Å². The van der Waals surface area contributed by atoms with Crippen LogP contribution in [-0.2, 0) is 0 Å². The molecule has 1 aromatic rings. The van der Waals surface area contributed by atoms with E-state index in [1.807, 2.05) is 6.07 Å². The third-order valence-electron chi connectivity index (χ3n) is 3.63. The lowest BCUT2D eigenvalue weighted by Crippen LogP contribution is -2.42. The highest BCUT2D eigenvalue weighted by Gasteiger charge is 2.25. The lowest BCUT2D eigenvalue weighted by Gasteiger charge is -2.38. The lowest BCUT2D eigenvalue weighted by atomic mass is 9.98. The Bertz CT molecular complexity index is 409. The molecule has 2 rings (SSSR count). The van der Waals surface area contributed by atoms with Crippen molar-refractivity contribution in [2.45, 2.75) is 38.3 Å². The molecule has 0 radical (unpaired) electrons. The second-order valence-corrected chi connectivity index (χ2v) is 4.99. The van der Waals surface area contributed by atoms with Gasteiger partial charge in [0.05, 0.1) is 12.6 Å². The van der Waals surface area contributed by atoms with Crippen LogP contribution < -0.4 is 10.6 Å². The van der Waals surface area contributed by atoms with Crippen LogP contribution in [0, 0.1) is 5.82 Å². The largest absolute Gasteiger partial charge is 0.394 e. The van der Waals surface area contributed by atoms with E-state index in [2.05, 4.69) is 4.90 Å².